The number of carboxylic acids is 1. The van der Waals surface area contributed by atoms with E-state index in [0.717, 1.165) is 0 Å². The van der Waals surface area contributed by atoms with Crippen LogP contribution in [0.4, 0.5) is 11.4 Å². The molecule has 35 heavy (non-hydrogen) atoms. The van der Waals surface area contributed by atoms with Crippen LogP contribution in [0, 0.1) is 28.9 Å². The van der Waals surface area contributed by atoms with E-state index in [4.69, 9.17) is 14.6 Å². The summed E-state index contributed by atoms with van der Waals surface area (Å²) in [6.45, 7) is 0.902. The number of carboxylic acid groups (broad SMARTS) is 1. The molecule has 0 heterocycles. The summed E-state index contributed by atoms with van der Waals surface area (Å²) < 4.78 is 10.1. The zero-order valence-corrected chi connectivity index (χ0v) is 18.9. The van der Waals surface area contributed by atoms with Gasteiger partial charge in [0.05, 0.1) is 16.8 Å². The molecule has 0 aromatic heterocycles. The van der Waals surface area contributed by atoms with Crippen LogP contribution in [0.5, 0.6) is 5.75 Å². The van der Waals surface area contributed by atoms with Gasteiger partial charge in [-0.15, -0.1) is 0 Å². The van der Waals surface area contributed by atoms with Gasteiger partial charge in [0, 0.05) is 17.3 Å². The number of aryl methyl sites for hydroxylation is 1. The van der Waals surface area contributed by atoms with Crippen LogP contribution in [0.2, 0.25) is 0 Å². The summed E-state index contributed by atoms with van der Waals surface area (Å²) in [5.74, 6) is -5.36. The van der Waals surface area contributed by atoms with E-state index in [0.29, 0.717) is 31.2 Å². The van der Waals surface area contributed by atoms with E-state index in [-0.39, 0.29) is 22.7 Å². The van der Waals surface area contributed by atoms with Crippen molar-refractivity contribution >= 4 is 35.2 Å². The number of benzene rings is 2. The predicted molar refractivity (Wildman–Crippen MR) is 122 cm³/mol. The fourth-order valence-corrected chi connectivity index (χ4v) is 3.97. The molecule has 1 fully saturated rings. The first-order chi connectivity index (χ1) is 16.7. The van der Waals surface area contributed by atoms with E-state index >= 15 is 0 Å². The fraction of sp³-hybridized carbons (Fsp3) is 0.333. The second-order valence-corrected chi connectivity index (χ2v) is 8.13. The predicted octanol–water partition coefficient (Wildman–Crippen LogP) is 3.50. The summed E-state index contributed by atoms with van der Waals surface area (Å²) >= 11 is 0. The highest BCUT2D eigenvalue weighted by molar-refractivity contribution is 6.01. The molecule has 1 aliphatic carbocycles. The summed E-state index contributed by atoms with van der Waals surface area (Å²) in [5, 5.41) is 22.6. The van der Waals surface area contributed by atoms with Crippen molar-refractivity contribution in [2.75, 3.05) is 11.9 Å². The topological polar surface area (TPSA) is 162 Å². The molecule has 2 unspecified atom stereocenters. The maximum absolute atomic E-state index is 13.0. The van der Waals surface area contributed by atoms with Crippen LogP contribution >= 0.6 is 0 Å². The number of hydrogen-bond acceptors (Lipinski definition) is 8. The van der Waals surface area contributed by atoms with Crippen molar-refractivity contribution in [3.8, 4) is 5.75 Å². The first-order valence-corrected chi connectivity index (χ1v) is 10.9. The molecule has 0 bridgehead atoms. The molecule has 2 N–H and O–H groups in total. The lowest BCUT2D eigenvalue weighted by atomic mass is 9.78. The molecule has 0 radical (unpaired) electrons. The molecule has 2 aromatic rings. The van der Waals surface area contributed by atoms with Crippen LogP contribution < -0.4 is 10.1 Å². The molecule has 0 aliphatic heterocycles. The lowest BCUT2D eigenvalue weighted by Gasteiger charge is -2.28. The Bertz CT molecular complexity index is 1160. The molecule has 184 valence electrons. The molecular weight excluding hydrogens is 460 g/mol. The number of carbonyl (C=O) groups excluding carboxylic acids is 3. The number of carbonyl (C=O) groups is 4. The number of amides is 1. The minimum Gasteiger partial charge on any atom is -0.481 e. The Kier molecular flexibility index (Phi) is 8.13. The van der Waals surface area contributed by atoms with Crippen molar-refractivity contribution in [1.82, 2.24) is 0 Å². The van der Waals surface area contributed by atoms with Gasteiger partial charge in [-0.2, -0.15) is 0 Å². The van der Waals surface area contributed by atoms with Gasteiger partial charge >= 0.3 is 17.9 Å². The zero-order chi connectivity index (χ0) is 25.5. The van der Waals surface area contributed by atoms with Gasteiger partial charge < -0.3 is 19.9 Å². The smallest absolute Gasteiger partial charge is 0.349 e. The summed E-state index contributed by atoms with van der Waals surface area (Å²) in [6.07, 6.45) is 2.06. The number of esters is 2. The summed E-state index contributed by atoms with van der Waals surface area (Å²) in [6, 6.07) is 10.1. The van der Waals surface area contributed by atoms with Crippen LogP contribution in [0.1, 0.15) is 41.6 Å². The van der Waals surface area contributed by atoms with Crippen molar-refractivity contribution in [3.63, 3.8) is 0 Å². The van der Waals surface area contributed by atoms with E-state index in [9.17, 15) is 29.3 Å². The van der Waals surface area contributed by atoms with Crippen molar-refractivity contribution < 1.29 is 38.7 Å². The zero-order valence-electron chi connectivity index (χ0n) is 18.9. The molecule has 11 nitrogen and oxygen atoms in total. The van der Waals surface area contributed by atoms with E-state index in [2.05, 4.69) is 5.32 Å². The number of ether oxygens (including phenoxy) is 2. The maximum atomic E-state index is 13.0. The number of nitro groups is 1. The Hall–Kier alpha value is -4.28. The summed E-state index contributed by atoms with van der Waals surface area (Å²) in [5.41, 5.74) is 0.409. The van der Waals surface area contributed by atoms with Gasteiger partial charge in [-0.05, 0) is 38.0 Å². The van der Waals surface area contributed by atoms with Crippen LogP contribution in [0.15, 0.2) is 42.5 Å². The number of rotatable bonds is 8. The van der Waals surface area contributed by atoms with Crippen molar-refractivity contribution in [2.24, 2.45) is 11.8 Å². The molecule has 0 spiro atoms. The monoisotopic (exact) mass is 484 g/mol. The first-order valence-electron chi connectivity index (χ1n) is 10.9. The van der Waals surface area contributed by atoms with Crippen molar-refractivity contribution in [3.05, 3.63) is 63.7 Å². The molecule has 11 heteroatoms. The average Bonchev–Trinajstić information content (AvgIpc) is 2.83. The normalized spacial score (nSPS) is 17.2. The van der Waals surface area contributed by atoms with Crippen LogP contribution in [-0.4, -0.2) is 40.5 Å². The van der Waals surface area contributed by atoms with Gasteiger partial charge in [0.1, 0.15) is 11.3 Å². The molecular formula is C24H24N2O9. The fourth-order valence-electron chi connectivity index (χ4n) is 3.97. The maximum Gasteiger partial charge on any atom is 0.349 e. The van der Waals surface area contributed by atoms with Gasteiger partial charge in [0.15, 0.2) is 6.61 Å². The molecule has 2 aromatic carbocycles. The minimum absolute atomic E-state index is 0.0494. The Morgan fingerprint density at radius 2 is 1.77 bits per heavy atom. The minimum atomic E-state index is -1.24. The van der Waals surface area contributed by atoms with E-state index in [1.807, 2.05) is 0 Å². The summed E-state index contributed by atoms with van der Waals surface area (Å²) in [4.78, 5) is 59.9. The van der Waals surface area contributed by atoms with Crippen LogP contribution in [-0.2, 0) is 19.1 Å². The number of nitrogens with one attached hydrogen (secondary N) is 1. The summed E-state index contributed by atoms with van der Waals surface area (Å²) in [7, 11) is 0. The molecule has 1 saturated carbocycles. The highest BCUT2D eigenvalue weighted by Crippen LogP contribution is 2.33. The van der Waals surface area contributed by atoms with E-state index < -0.39 is 47.2 Å². The lowest BCUT2D eigenvalue weighted by molar-refractivity contribution is -0.385. The number of para-hydroxylation sites is 1. The SMILES string of the molecule is Cc1ccc(NC(=O)C2CCCCC2C(=O)OC(=O)c2ccccc2OCC(=O)O)cc1[N+](=O)[O-]. The van der Waals surface area contributed by atoms with Crippen LogP contribution in [0.25, 0.3) is 0 Å². The highest BCUT2D eigenvalue weighted by Gasteiger charge is 2.38. The van der Waals surface area contributed by atoms with Crippen molar-refractivity contribution in [2.45, 2.75) is 32.6 Å². The van der Waals surface area contributed by atoms with Gasteiger partial charge in [0.2, 0.25) is 5.91 Å². The second-order valence-electron chi connectivity index (χ2n) is 8.13. The standard InChI is InChI=1S/C24H24N2O9/c1-14-10-11-15(12-19(14)26(32)33)25-22(29)16-6-2-3-7-17(16)23(30)35-24(31)18-8-4-5-9-20(18)34-13-21(27)28/h4-5,8-12,16-17H,2-3,6-7,13H2,1H3,(H,25,29)(H,27,28). The largest absolute Gasteiger partial charge is 0.481 e. The Morgan fingerprint density at radius 3 is 2.46 bits per heavy atom. The number of anilines is 1. The average molecular weight is 484 g/mol. The number of aliphatic carboxylic acids is 1. The molecule has 2 atom stereocenters. The van der Waals surface area contributed by atoms with Gasteiger partial charge in [-0.1, -0.05) is 31.0 Å². The first kappa shape index (κ1) is 25.3. The Morgan fingerprint density at radius 1 is 1.09 bits per heavy atom. The Labute approximate surface area is 200 Å². The van der Waals surface area contributed by atoms with E-state index in [1.54, 1.807) is 6.92 Å². The van der Waals surface area contributed by atoms with E-state index in [1.165, 1.54) is 42.5 Å². The number of nitrogens with zero attached hydrogens (tertiary/aromatic N) is 1. The van der Waals surface area contributed by atoms with Crippen LogP contribution in [0.3, 0.4) is 0 Å². The lowest BCUT2D eigenvalue weighted by Crippen LogP contribution is -2.37. The van der Waals surface area contributed by atoms with Gasteiger partial charge in [-0.25, -0.2) is 9.59 Å². The molecule has 1 amide bonds. The van der Waals surface area contributed by atoms with Crippen molar-refractivity contribution in [1.29, 1.82) is 0 Å². The third kappa shape index (κ3) is 6.40. The number of hydrogen-bond donors (Lipinski definition) is 2. The second kappa shape index (κ2) is 11.2. The molecule has 1 aliphatic rings. The quantitative estimate of drug-likeness (QED) is 0.247. The third-order valence-electron chi connectivity index (χ3n) is 5.73. The van der Waals surface area contributed by atoms with Gasteiger partial charge in [-0.3, -0.25) is 19.7 Å². The molecule has 3 rings (SSSR count). The molecule has 0 saturated heterocycles. The Balaban J connectivity index is 1.72. The number of nitro benzene ring substituents is 1. The van der Waals surface area contributed by atoms with Gasteiger partial charge in [0.25, 0.3) is 5.69 Å². The highest BCUT2D eigenvalue weighted by atomic mass is 16.6. The third-order valence-corrected chi connectivity index (χ3v) is 5.73.